The topological polar surface area (TPSA) is 64.3 Å². The average Bonchev–Trinajstić information content (AvgIpc) is 2.24. The third-order valence-electron chi connectivity index (χ3n) is 2.24. The molecule has 0 atom stereocenters. The SMILES string of the molecule is CC(C)(C)OC(=O)Nc1cccc(CCCN)c1. The molecule has 100 valence electrons. The summed E-state index contributed by atoms with van der Waals surface area (Å²) in [6.07, 6.45) is 1.43. The molecule has 0 saturated heterocycles. The second-order valence-electron chi connectivity index (χ2n) is 5.22. The van der Waals surface area contributed by atoms with Crippen LogP contribution in [0.4, 0.5) is 10.5 Å². The molecule has 1 aromatic carbocycles. The minimum Gasteiger partial charge on any atom is -0.444 e. The average molecular weight is 250 g/mol. The molecule has 0 aliphatic heterocycles. The summed E-state index contributed by atoms with van der Waals surface area (Å²) in [7, 11) is 0. The van der Waals surface area contributed by atoms with E-state index in [0.29, 0.717) is 6.54 Å². The quantitative estimate of drug-likeness (QED) is 0.863. The van der Waals surface area contributed by atoms with Crippen LogP contribution in [-0.4, -0.2) is 18.2 Å². The van der Waals surface area contributed by atoms with Gasteiger partial charge in [-0.3, -0.25) is 5.32 Å². The van der Waals surface area contributed by atoms with Crippen molar-refractivity contribution in [3.05, 3.63) is 29.8 Å². The first-order valence-electron chi connectivity index (χ1n) is 6.20. The van der Waals surface area contributed by atoms with Crippen molar-refractivity contribution in [2.24, 2.45) is 5.73 Å². The van der Waals surface area contributed by atoms with Gasteiger partial charge in [0.2, 0.25) is 0 Å². The zero-order chi connectivity index (χ0) is 13.6. The molecule has 0 aromatic heterocycles. The number of nitrogens with two attached hydrogens (primary N) is 1. The fourth-order valence-electron chi connectivity index (χ4n) is 1.53. The Kier molecular flexibility index (Phi) is 5.16. The van der Waals surface area contributed by atoms with E-state index in [1.807, 2.05) is 45.0 Å². The first-order valence-corrected chi connectivity index (χ1v) is 6.20. The Morgan fingerprint density at radius 2 is 2.11 bits per heavy atom. The Morgan fingerprint density at radius 3 is 2.72 bits per heavy atom. The highest BCUT2D eigenvalue weighted by Gasteiger charge is 2.16. The van der Waals surface area contributed by atoms with E-state index < -0.39 is 11.7 Å². The predicted octanol–water partition coefficient (Wildman–Crippen LogP) is 2.92. The molecule has 0 aliphatic rings. The first-order chi connectivity index (χ1) is 8.40. The summed E-state index contributed by atoms with van der Waals surface area (Å²) in [4.78, 5) is 11.6. The lowest BCUT2D eigenvalue weighted by atomic mass is 10.1. The number of carbonyl (C=O) groups excluding carboxylic acids is 1. The Balaban J connectivity index is 2.59. The van der Waals surface area contributed by atoms with Gasteiger partial charge in [0.1, 0.15) is 5.60 Å². The van der Waals surface area contributed by atoms with Gasteiger partial charge in [0.05, 0.1) is 0 Å². The van der Waals surface area contributed by atoms with E-state index in [2.05, 4.69) is 5.32 Å². The molecule has 0 bridgehead atoms. The maximum absolute atomic E-state index is 11.6. The Bertz CT molecular complexity index is 397. The number of anilines is 1. The fourth-order valence-corrected chi connectivity index (χ4v) is 1.53. The molecule has 1 amide bonds. The molecule has 0 radical (unpaired) electrons. The highest BCUT2D eigenvalue weighted by atomic mass is 16.6. The van der Waals surface area contributed by atoms with Crippen LogP contribution in [0.5, 0.6) is 0 Å². The zero-order valence-corrected chi connectivity index (χ0v) is 11.3. The van der Waals surface area contributed by atoms with Gasteiger partial charge in [0.25, 0.3) is 0 Å². The van der Waals surface area contributed by atoms with Crippen LogP contribution in [0.2, 0.25) is 0 Å². The van der Waals surface area contributed by atoms with Gasteiger partial charge in [-0.1, -0.05) is 12.1 Å². The molecule has 18 heavy (non-hydrogen) atoms. The van der Waals surface area contributed by atoms with Crippen molar-refractivity contribution >= 4 is 11.8 Å². The summed E-state index contributed by atoms with van der Waals surface area (Å²) < 4.78 is 5.19. The van der Waals surface area contributed by atoms with Crippen molar-refractivity contribution in [1.82, 2.24) is 0 Å². The molecule has 4 heteroatoms. The third-order valence-corrected chi connectivity index (χ3v) is 2.24. The zero-order valence-electron chi connectivity index (χ0n) is 11.3. The van der Waals surface area contributed by atoms with Crippen LogP contribution in [0.3, 0.4) is 0 Å². The van der Waals surface area contributed by atoms with E-state index >= 15 is 0 Å². The molecule has 1 aromatic rings. The second-order valence-corrected chi connectivity index (χ2v) is 5.22. The van der Waals surface area contributed by atoms with Crippen molar-refractivity contribution in [1.29, 1.82) is 0 Å². The maximum Gasteiger partial charge on any atom is 0.412 e. The van der Waals surface area contributed by atoms with Crippen LogP contribution in [-0.2, 0) is 11.2 Å². The standard InChI is InChI=1S/C14H22N2O2/c1-14(2,3)18-13(17)16-12-8-4-6-11(10-12)7-5-9-15/h4,6,8,10H,5,7,9,15H2,1-3H3,(H,16,17). The fraction of sp³-hybridized carbons (Fsp3) is 0.500. The van der Waals surface area contributed by atoms with Crippen molar-refractivity contribution in [2.45, 2.75) is 39.2 Å². The predicted molar refractivity (Wildman–Crippen MR) is 73.7 cm³/mol. The lowest BCUT2D eigenvalue weighted by Crippen LogP contribution is -2.27. The van der Waals surface area contributed by atoms with Gasteiger partial charge in [0.15, 0.2) is 0 Å². The van der Waals surface area contributed by atoms with Crippen LogP contribution >= 0.6 is 0 Å². The van der Waals surface area contributed by atoms with Gasteiger partial charge in [-0.2, -0.15) is 0 Å². The molecule has 1 rings (SSSR count). The van der Waals surface area contributed by atoms with Crippen molar-refractivity contribution in [3.63, 3.8) is 0 Å². The minimum atomic E-state index is -0.485. The van der Waals surface area contributed by atoms with Crippen LogP contribution in [0.25, 0.3) is 0 Å². The lowest BCUT2D eigenvalue weighted by Gasteiger charge is -2.19. The van der Waals surface area contributed by atoms with Gasteiger partial charge in [-0.25, -0.2) is 4.79 Å². The Hall–Kier alpha value is -1.55. The summed E-state index contributed by atoms with van der Waals surface area (Å²) in [5, 5.41) is 2.72. The number of amides is 1. The van der Waals surface area contributed by atoms with Gasteiger partial charge in [-0.05, 0) is 57.9 Å². The normalized spacial score (nSPS) is 11.1. The number of ether oxygens (including phenoxy) is 1. The monoisotopic (exact) mass is 250 g/mol. The first kappa shape index (κ1) is 14.5. The molecule has 4 nitrogen and oxygen atoms in total. The van der Waals surface area contributed by atoms with Crippen LogP contribution in [0.1, 0.15) is 32.8 Å². The highest BCUT2D eigenvalue weighted by Crippen LogP contribution is 2.14. The summed E-state index contributed by atoms with van der Waals surface area (Å²) in [6, 6.07) is 7.73. The number of hydrogen-bond acceptors (Lipinski definition) is 3. The van der Waals surface area contributed by atoms with Gasteiger partial charge in [0, 0.05) is 5.69 Å². The van der Waals surface area contributed by atoms with Crippen LogP contribution < -0.4 is 11.1 Å². The van der Waals surface area contributed by atoms with E-state index in [4.69, 9.17) is 10.5 Å². The van der Waals surface area contributed by atoms with Gasteiger partial charge < -0.3 is 10.5 Å². The highest BCUT2D eigenvalue weighted by molar-refractivity contribution is 5.84. The summed E-state index contributed by atoms with van der Waals surface area (Å²) in [5.74, 6) is 0. The molecule has 0 aliphatic carbocycles. The smallest absolute Gasteiger partial charge is 0.412 e. The maximum atomic E-state index is 11.6. The molecule has 0 fully saturated rings. The third kappa shape index (κ3) is 5.68. The van der Waals surface area contributed by atoms with Crippen molar-refractivity contribution in [3.8, 4) is 0 Å². The van der Waals surface area contributed by atoms with E-state index in [0.717, 1.165) is 24.1 Å². The van der Waals surface area contributed by atoms with Crippen molar-refractivity contribution in [2.75, 3.05) is 11.9 Å². The number of nitrogens with one attached hydrogen (secondary N) is 1. The van der Waals surface area contributed by atoms with Gasteiger partial charge in [-0.15, -0.1) is 0 Å². The second kappa shape index (κ2) is 6.40. The summed E-state index contributed by atoms with van der Waals surface area (Å²) in [6.45, 7) is 6.18. The van der Waals surface area contributed by atoms with Crippen LogP contribution in [0.15, 0.2) is 24.3 Å². The molecular weight excluding hydrogens is 228 g/mol. The van der Waals surface area contributed by atoms with Gasteiger partial charge >= 0.3 is 6.09 Å². The lowest BCUT2D eigenvalue weighted by molar-refractivity contribution is 0.0636. The Morgan fingerprint density at radius 1 is 1.39 bits per heavy atom. The number of aryl methyl sites for hydroxylation is 1. The van der Waals surface area contributed by atoms with E-state index in [1.165, 1.54) is 0 Å². The molecule has 0 spiro atoms. The number of rotatable bonds is 4. The summed E-state index contributed by atoms with van der Waals surface area (Å²) >= 11 is 0. The number of hydrogen-bond donors (Lipinski definition) is 2. The van der Waals surface area contributed by atoms with E-state index in [-0.39, 0.29) is 0 Å². The molecular formula is C14H22N2O2. The van der Waals surface area contributed by atoms with Crippen molar-refractivity contribution < 1.29 is 9.53 Å². The number of benzene rings is 1. The minimum absolute atomic E-state index is 0.432. The molecule has 0 heterocycles. The summed E-state index contributed by atoms with van der Waals surface area (Å²) in [5.41, 5.74) is 6.90. The molecule has 0 unspecified atom stereocenters. The van der Waals surface area contributed by atoms with E-state index in [9.17, 15) is 4.79 Å². The van der Waals surface area contributed by atoms with E-state index in [1.54, 1.807) is 0 Å². The molecule has 0 saturated carbocycles. The number of carbonyl (C=O) groups is 1. The van der Waals surface area contributed by atoms with Crippen LogP contribution in [0, 0.1) is 0 Å². The largest absolute Gasteiger partial charge is 0.444 e. The Labute approximate surface area is 109 Å². The molecule has 3 N–H and O–H groups in total.